The second-order valence-corrected chi connectivity index (χ2v) is 12.2. The maximum atomic E-state index is 13.2. The van der Waals surface area contributed by atoms with Crippen LogP contribution in [0.15, 0.2) is 101 Å². The molecule has 1 heterocycles. The Kier molecular flexibility index (Phi) is 7.72. The molecule has 178 valence electrons. The molecule has 0 aromatic heterocycles. The Balaban J connectivity index is 1.78. The van der Waals surface area contributed by atoms with Gasteiger partial charge in [-0.2, -0.15) is 0 Å². The second kappa shape index (κ2) is 10.7. The molecule has 0 aliphatic carbocycles. The fraction of sp³-hybridized carbons (Fsp3) is 0.222. The van der Waals surface area contributed by atoms with Crippen molar-refractivity contribution in [3.63, 3.8) is 0 Å². The van der Waals surface area contributed by atoms with Gasteiger partial charge >= 0.3 is 211 Å². The van der Waals surface area contributed by atoms with Gasteiger partial charge in [0.25, 0.3) is 0 Å². The number of ether oxygens (including phenoxy) is 1. The summed E-state index contributed by atoms with van der Waals surface area (Å²) in [5, 5.41) is 0.527. The fourth-order valence-corrected chi connectivity index (χ4v) is 8.30. The summed E-state index contributed by atoms with van der Waals surface area (Å²) in [4.78, 5) is 25.8. The molecule has 7 heteroatoms. The maximum absolute atomic E-state index is 13.2. The molecule has 0 amide bonds. The molecule has 3 aromatic rings. The number of rotatable bonds is 8. The van der Waals surface area contributed by atoms with Crippen LogP contribution >= 0.6 is 23.7 Å². The van der Waals surface area contributed by atoms with Gasteiger partial charge in [-0.1, -0.05) is 0 Å². The number of nitrogens with zero attached hydrogens (tertiary/aromatic N) is 2. The van der Waals surface area contributed by atoms with Gasteiger partial charge < -0.3 is 0 Å². The van der Waals surface area contributed by atoms with Crippen molar-refractivity contribution in [3.8, 4) is 0 Å². The van der Waals surface area contributed by atoms with Gasteiger partial charge in [-0.15, -0.1) is 0 Å². The van der Waals surface area contributed by atoms with E-state index in [4.69, 9.17) is 4.74 Å². The van der Waals surface area contributed by atoms with Gasteiger partial charge in [0.2, 0.25) is 0 Å². The summed E-state index contributed by atoms with van der Waals surface area (Å²) in [6, 6.07) is 27.6. The first-order chi connectivity index (χ1) is 16.4. The van der Waals surface area contributed by atoms with Crippen LogP contribution < -0.4 is 9.34 Å². The first kappa shape index (κ1) is 24.5. The van der Waals surface area contributed by atoms with Crippen LogP contribution in [0, 0.1) is 5.92 Å². The van der Waals surface area contributed by atoms with Gasteiger partial charge in [0.05, 0.1) is 0 Å². The van der Waals surface area contributed by atoms with E-state index >= 15 is 0 Å². The third-order valence-electron chi connectivity index (χ3n) is 6.21. The normalized spacial score (nSPS) is 16.7. The zero-order valence-corrected chi connectivity index (χ0v) is 21.8. The van der Waals surface area contributed by atoms with Crippen LogP contribution in [0.5, 0.6) is 0 Å². The predicted molar refractivity (Wildman–Crippen MR) is 145 cm³/mol. The van der Waals surface area contributed by atoms with Crippen molar-refractivity contribution < 1.29 is 14.4 Å². The number of halogens is 1. The van der Waals surface area contributed by atoms with E-state index in [-0.39, 0.29) is 12.6 Å². The Morgan fingerprint density at radius 3 is 1.94 bits per heavy atom. The van der Waals surface area contributed by atoms with Crippen LogP contribution in [0.2, 0.25) is 0 Å². The summed E-state index contributed by atoms with van der Waals surface area (Å²) in [6.07, 6.45) is 0.408. The number of benzene rings is 3. The Morgan fingerprint density at radius 1 is 0.971 bits per heavy atom. The van der Waals surface area contributed by atoms with Crippen LogP contribution in [0.3, 0.4) is 0 Å². The molecular weight excluding hydrogens is 511 g/mol. The Labute approximate surface area is 210 Å². The van der Waals surface area contributed by atoms with Crippen LogP contribution in [0.1, 0.15) is 12.5 Å². The zero-order valence-electron chi connectivity index (χ0n) is 19.2. The molecule has 4 rings (SSSR count). The van der Waals surface area contributed by atoms with E-state index in [1.165, 1.54) is 0 Å². The fourth-order valence-electron chi connectivity index (χ4n) is 4.52. The minimum atomic E-state index is -3.59. The molecule has 1 aliphatic rings. The molecule has 0 bridgehead atoms. The van der Waals surface area contributed by atoms with Crippen molar-refractivity contribution in [1.82, 2.24) is 0 Å². The summed E-state index contributed by atoms with van der Waals surface area (Å²) in [6.45, 7) is 7.73. The monoisotopic (exact) mass is 540 g/mol. The first-order valence-corrected chi connectivity index (χ1v) is 14.1. The van der Waals surface area contributed by atoms with Gasteiger partial charge in [-0.25, -0.2) is 0 Å². The van der Waals surface area contributed by atoms with E-state index in [0.717, 1.165) is 21.4 Å². The molecule has 0 spiro atoms. The average molecular weight is 541 g/mol. The summed E-state index contributed by atoms with van der Waals surface area (Å²) in [5.41, 5.74) is 2.82. The van der Waals surface area contributed by atoms with Gasteiger partial charge in [0, 0.05) is 0 Å². The van der Waals surface area contributed by atoms with E-state index < -0.39 is 13.7 Å². The van der Waals surface area contributed by atoms with Crippen molar-refractivity contribution >= 4 is 41.1 Å². The molecule has 3 aromatic carbocycles. The molecule has 1 unspecified atom stereocenters. The summed E-state index contributed by atoms with van der Waals surface area (Å²) < 4.78 is 10.5. The topological polar surface area (TPSA) is 53.0 Å². The van der Waals surface area contributed by atoms with E-state index in [0.29, 0.717) is 24.8 Å². The Morgan fingerprint density at radius 2 is 1.47 bits per heavy atom. The van der Waals surface area contributed by atoms with Crippen LogP contribution in [0.25, 0.3) is 0 Å². The number of hydrogen-bond acceptors (Lipinski definition) is 5. The summed E-state index contributed by atoms with van der Waals surface area (Å²) in [7, 11) is -3.59. The molecule has 1 fully saturated rings. The first-order valence-electron chi connectivity index (χ1n) is 11.4. The van der Waals surface area contributed by atoms with Crippen molar-refractivity contribution in [1.29, 1.82) is 0 Å². The molecule has 0 saturated carbocycles. The van der Waals surface area contributed by atoms with Gasteiger partial charge in [-0.05, 0) is 0 Å². The molecule has 34 heavy (non-hydrogen) atoms. The van der Waals surface area contributed by atoms with E-state index in [2.05, 4.69) is 31.8 Å². The van der Waals surface area contributed by atoms with Crippen LogP contribution in [-0.4, -0.2) is 30.6 Å². The number of esters is 1. The molecule has 1 N–H and O–H groups in total. The van der Waals surface area contributed by atoms with Crippen LogP contribution in [0.4, 0.5) is 11.4 Å². The molecule has 1 aliphatic heterocycles. The number of hydrogen-bond donors (Lipinski definition) is 1. The Bertz CT molecular complexity index is 1080. The number of carbonyl (C=O) groups excluding carboxylic acids is 1. The number of carbonyl (C=O) groups is 1. The second-order valence-electron chi connectivity index (χ2n) is 8.27. The van der Waals surface area contributed by atoms with Gasteiger partial charge in [0.15, 0.2) is 0 Å². The number of anilines is 2. The van der Waals surface area contributed by atoms with Gasteiger partial charge in [-0.3, -0.25) is 0 Å². The third-order valence-corrected chi connectivity index (χ3v) is 10.4. The predicted octanol–water partition coefficient (Wildman–Crippen LogP) is 6.20. The molecule has 1 saturated heterocycles. The van der Waals surface area contributed by atoms with Crippen molar-refractivity contribution in [2.75, 3.05) is 29.0 Å². The standard InChI is InChI=1S/C27H30BrN2O3P/c1-3-33-27(31)26(20-22-14-16-23(28)17-15-22)21(2)34(32)29(24-10-6-4-7-11-24)18-19-30(34)25-12-8-5-9-13-25/h4-17,26,32,34H,2-3,18-20H2,1H3. The van der Waals surface area contributed by atoms with Crippen molar-refractivity contribution in [3.05, 3.63) is 107 Å². The summed E-state index contributed by atoms with van der Waals surface area (Å²) >= 11 is 3.47. The minimum absolute atomic E-state index is 0.272. The van der Waals surface area contributed by atoms with E-state index in [9.17, 15) is 9.69 Å². The van der Waals surface area contributed by atoms with Crippen molar-refractivity contribution in [2.45, 2.75) is 13.3 Å². The van der Waals surface area contributed by atoms with Crippen LogP contribution in [-0.2, 0) is 16.0 Å². The molecule has 5 nitrogen and oxygen atoms in total. The van der Waals surface area contributed by atoms with E-state index in [1.807, 2.05) is 84.9 Å². The molecule has 1 atom stereocenters. The number of para-hydroxylation sites is 2. The third kappa shape index (κ3) is 4.90. The average Bonchev–Trinajstić information content (AvgIpc) is 3.22. The zero-order chi connectivity index (χ0) is 24.1. The quantitative estimate of drug-likeness (QED) is 0.272. The Hall–Kier alpha value is -2.66. The van der Waals surface area contributed by atoms with E-state index in [1.54, 1.807) is 6.92 Å². The summed E-state index contributed by atoms with van der Waals surface area (Å²) in [5.74, 6) is -1.03. The van der Waals surface area contributed by atoms with Gasteiger partial charge in [0.1, 0.15) is 0 Å². The van der Waals surface area contributed by atoms with Crippen molar-refractivity contribution in [2.24, 2.45) is 5.92 Å². The SMILES string of the molecule is C=C(C(Cc1ccc(Br)cc1)C(=O)OCC)[PH]1(O)N(c2ccccc2)CCN1c1ccccc1. The molecular formula is C27H30BrN2O3P. The molecule has 0 radical (unpaired) electrons.